The van der Waals surface area contributed by atoms with Crippen LogP contribution >= 0.6 is 58.2 Å². The molecule has 4 heterocycles. The zero-order valence-corrected chi connectivity index (χ0v) is 24.8. The van der Waals surface area contributed by atoms with Crippen LogP contribution in [0.5, 0.6) is 0 Å². The van der Waals surface area contributed by atoms with Gasteiger partial charge in [-0.15, -0.1) is 11.8 Å². The van der Waals surface area contributed by atoms with Crippen molar-refractivity contribution in [2.75, 3.05) is 29.6 Å². The number of nitrogens with one attached hydrogen (secondary N) is 1. The summed E-state index contributed by atoms with van der Waals surface area (Å²) < 4.78 is 0.772. The number of β-lactam (4-membered cyclic amide) rings is 1. The second-order valence-electron chi connectivity index (χ2n) is 8.84. The van der Waals surface area contributed by atoms with Crippen LogP contribution < -0.4 is 11.1 Å². The van der Waals surface area contributed by atoms with Crippen molar-refractivity contribution in [2.24, 2.45) is 10.1 Å². The number of carbonyl (C=O) groups excluding carboxylic acids is 2. The number of nitrogen functional groups attached to an aromatic ring is 1. The van der Waals surface area contributed by atoms with Crippen molar-refractivity contribution >= 4 is 97.2 Å². The lowest BCUT2D eigenvalue weighted by molar-refractivity contribution is -0.150. The Kier molecular flexibility index (Phi) is 9.39. The first kappa shape index (κ1) is 30.2. The van der Waals surface area contributed by atoms with Crippen LogP contribution in [-0.4, -0.2) is 94.8 Å². The van der Waals surface area contributed by atoms with Gasteiger partial charge in [0, 0.05) is 17.3 Å². The molecule has 0 aliphatic carbocycles. The van der Waals surface area contributed by atoms with Gasteiger partial charge < -0.3 is 26.1 Å². The van der Waals surface area contributed by atoms with Gasteiger partial charge in [0.2, 0.25) is 0 Å². The number of fused-ring (bicyclic) bond motifs is 1. The predicted molar refractivity (Wildman–Crippen MR) is 157 cm³/mol. The van der Waals surface area contributed by atoms with Gasteiger partial charge in [0.25, 0.3) is 11.8 Å². The molecule has 0 spiro atoms. The number of aliphatic imine (C=N–C) groups is 1. The van der Waals surface area contributed by atoms with Gasteiger partial charge in [-0.3, -0.25) is 24.3 Å². The average Bonchev–Trinajstić information content (AvgIpc) is 3.42. The van der Waals surface area contributed by atoms with Crippen molar-refractivity contribution in [1.29, 1.82) is 0 Å². The topological polar surface area (TPSA) is 197 Å². The average molecular weight is 647 g/mol. The number of nitrogens with zero attached hydrogens (tertiary/aromatic N) is 4. The Morgan fingerprint density at radius 1 is 1.43 bits per heavy atom. The molecular weight excluding hydrogens is 624 g/mol. The first-order valence-electron chi connectivity index (χ1n) is 11.4. The molecule has 1 aromatic rings. The van der Waals surface area contributed by atoms with Crippen molar-refractivity contribution in [2.45, 2.75) is 30.3 Å². The Morgan fingerprint density at radius 3 is 2.80 bits per heavy atom. The molecule has 1 saturated heterocycles. The minimum Gasteiger partial charge on any atom is -0.481 e. The van der Waals surface area contributed by atoms with E-state index in [0.717, 1.165) is 16.2 Å². The Bertz CT molecular complexity index is 1360. The van der Waals surface area contributed by atoms with Gasteiger partial charge in [-0.05, 0) is 12.5 Å². The monoisotopic (exact) mass is 646 g/mol. The predicted octanol–water partition coefficient (Wildman–Crippen LogP) is 2.09. The number of hydrogen-bond donors (Lipinski definition) is 4. The highest BCUT2D eigenvalue weighted by Crippen LogP contribution is 2.42. The number of halogens is 1. The van der Waals surface area contributed by atoms with E-state index in [1.807, 2.05) is 0 Å². The number of amides is 2. The molecule has 3 atom stereocenters. The van der Waals surface area contributed by atoms with Crippen LogP contribution in [0.3, 0.4) is 0 Å². The molecule has 1 fully saturated rings. The number of carbonyl (C=O) groups is 4. The van der Waals surface area contributed by atoms with Gasteiger partial charge in [0.05, 0.1) is 12.0 Å². The fourth-order valence-corrected chi connectivity index (χ4v) is 8.75. The number of nitrogens with two attached hydrogens (primary N) is 1. The summed E-state index contributed by atoms with van der Waals surface area (Å²) in [5, 5.41) is 24.9. The quantitative estimate of drug-likeness (QED) is 0.0899. The highest BCUT2D eigenvalue weighted by Gasteiger charge is 2.54. The molecule has 1 unspecified atom stereocenters. The first-order valence-corrected chi connectivity index (χ1v) is 15.7. The number of rotatable bonds is 11. The van der Waals surface area contributed by atoms with Gasteiger partial charge in [-0.1, -0.05) is 64.3 Å². The zero-order chi connectivity index (χ0) is 29.2. The molecule has 0 radical (unpaired) electrons. The van der Waals surface area contributed by atoms with Gasteiger partial charge in [0.1, 0.15) is 38.1 Å². The maximum atomic E-state index is 13.1. The van der Waals surface area contributed by atoms with Crippen LogP contribution in [-0.2, 0) is 24.0 Å². The first-order chi connectivity index (χ1) is 18.9. The maximum absolute atomic E-state index is 13.1. The molecule has 3 aliphatic rings. The van der Waals surface area contributed by atoms with Crippen molar-refractivity contribution in [1.82, 2.24) is 15.2 Å². The lowest BCUT2D eigenvalue weighted by Gasteiger charge is -2.49. The summed E-state index contributed by atoms with van der Waals surface area (Å²) in [6.07, 6.45) is 1.32. The lowest BCUT2D eigenvalue weighted by Crippen LogP contribution is -2.71. The van der Waals surface area contributed by atoms with E-state index < -0.39 is 40.7 Å². The molecule has 1 aromatic heterocycles. The summed E-state index contributed by atoms with van der Waals surface area (Å²) in [5.41, 5.74) is 5.06. The van der Waals surface area contributed by atoms with Crippen LogP contribution in [0.25, 0.3) is 0 Å². The molecule has 18 heteroatoms. The van der Waals surface area contributed by atoms with Gasteiger partial charge in [0.15, 0.2) is 10.8 Å². The number of thioether (sulfide) groups is 3. The molecule has 13 nitrogen and oxygen atoms in total. The lowest BCUT2D eigenvalue weighted by atomic mass is 10.0. The van der Waals surface area contributed by atoms with Crippen molar-refractivity contribution in [3.05, 3.63) is 34.0 Å². The van der Waals surface area contributed by atoms with E-state index in [9.17, 15) is 24.3 Å². The SMILES string of the molecule is C=CCO/N=C(/C(=O)NC1C(=O)N2C(C(=O)O)=C(CSC3=N[C@@](C)(CC(=O)O)CS3)CS[C@H]12)c1nc(N)sc1Cl. The minimum absolute atomic E-state index is 0.0000833. The Labute approximate surface area is 249 Å². The van der Waals surface area contributed by atoms with E-state index >= 15 is 0 Å². The van der Waals surface area contributed by atoms with Crippen LogP contribution in [0.1, 0.15) is 19.0 Å². The summed E-state index contributed by atoms with van der Waals surface area (Å²) in [4.78, 5) is 64.3. The molecule has 0 saturated carbocycles. The van der Waals surface area contributed by atoms with Crippen molar-refractivity contribution in [3.63, 3.8) is 0 Å². The van der Waals surface area contributed by atoms with Crippen LogP contribution in [0, 0.1) is 0 Å². The van der Waals surface area contributed by atoms with E-state index in [1.165, 1.54) is 41.4 Å². The number of aliphatic carboxylic acids is 2. The van der Waals surface area contributed by atoms with Crippen LogP contribution in [0.4, 0.5) is 5.13 Å². The summed E-state index contributed by atoms with van der Waals surface area (Å²) in [5.74, 6) is -2.52. The third-order valence-corrected chi connectivity index (χ3v) is 10.8. The largest absolute Gasteiger partial charge is 0.481 e. The highest BCUT2D eigenvalue weighted by molar-refractivity contribution is 8.39. The molecule has 4 rings (SSSR count). The van der Waals surface area contributed by atoms with E-state index in [4.69, 9.17) is 27.3 Å². The van der Waals surface area contributed by atoms with Crippen LogP contribution in [0.15, 0.2) is 34.1 Å². The fraction of sp³-hybridized carbons (Fsp3) is 0.409. The number of hydrogen-bond acceptors (Lipinski definition) is 13. The van der Waals surface area contributed by atoms with Gasteiger partial charge >= 0.3 is 11.9 Å². The molecular formula is C22H23ClN6O7S4. The molecule has 214 valence electrons. The van der Waals surface area contributed by atoms with E-state index in [2.05, 4.69) is 27.0 Å². The zero-order valence-electron chi connectivity index (χ0n) is 20.8. The maximum Gasteiger partial charge on any atom is 0.352 e. The molecule has 0 aromatic carbocycles. The number of thiazole rings is 1. The number of anilines is 1. The molecule has 5 N–H and O–H groups in total. The highest BCUT2D eigenvalue weighted by atomic mass is 35.5. The third-order valence-electron chi connectivity index (χ3n) is 5.70. The molecule has 2 amide bonds. The van der Waals surface area contributed by atoms with E-state index in [-0.39, 0.29) is 45.4 Å². The molecule has 40 heavy (non-hydrogen) atoms. The van der Waals surface area contributed by atoms with E-state index in [1.54, 1.807) is 6.92 Å². The minimum atomic E-state index is -1.26. The second kappa shape index (κ2) is 12.4. The second-order valence-corrected chi connectivity index (χ2v) is 13.8. The van der Waals surface area contributed by atoms with Crippen molar-refractivity contribution < 1.29 is 34.2 Å². The smallest absolute Gasteiger partial charge is 0.352 e. The summed E-state index contributed by atoms with van der Waals surface area (Å²) in [6.45, 7) is 5.27. The van der Waals surface area contributed by atoms with Crippen molar-refractivity contribution in [3.8, 4) is 0 Å². The normalized spacial score (nSPS) is 24.2. The summed E-state index contributed by atoms with van der Waals surface area (Å²) in [6, 6.07) is -1.02. The molecule has 0 bridgehead atoms. The Morgan fingerprint density at radius 2 is 2.17 bits per heavy atom. The fourth-order valence-electron chi connectivity index (χ4n) is 3.96. The van der Waals surface area contributed by atoms with Gasteiger partial charge in [-0.25, -0.2) is 9.78 Å². The number of carboxylic acid groups (broad SMARTS) is 2. The van der Waals surface area contributed by atoms with Crippen LogP contribution in [0.2, 0.25) is 4.34 Å². The van der Waals surface area contributed by atoms with E-state index in [0.29, 0.717) is 21.5 Å². The standard InChI is InChI=1S/C22H23ClN6O7S4/c1-3-4-36-28-12(11-15(23)40-20(24)26-11)16(32)25-13-17(33)29-14(19(34)35)9(6-37-18(13)29)7-38-21-27-22(2,8-39-21)5-10(30)31/h3,13,18H,1,4-8H2,2H3,(H2,24,26)(H,25,32)(H,30,31)(H,34,35)/b28-12+/t13?,18-,22+/m1/s1. The number of oxime groups is 1. The third kappa shape index (κ3) is 6.43. The van der Waals surface area contributed by atoms with Gasteiger partial charge in [-0.2, -0.15) is 0 Å². The number of carboxylic acids is 2. The Balaban J connectivity index is 1.47. The number of aromatic nitrogens is 1. The summed E-state index contributed by atoms with van der Waals surface area (Å²) >= 11 is 11.1. The Hall–Kier alpha value is -2.73. The summed E-state index contributed by atoms with van der Waals surface area (Å²) in [7, 11) is 0. The molecule has 3 aliphatic heterocycles.